The average molecular weight is 451 g/mol. The molecule has 4 atom stereocenters. The molecule has 1 saturated carbocycles. The second-order valence-corrected chi connectivity index (χ2v) is 9.63. The van der Waals surface area contributed by atoms with Crippen molar-refractivity contribution < 1.29 is 14.7 Å². The molecule has 1 aromatic heterocycles. The van der Waals surface area contributed by atoms with E-state index in [0.717, 1.165) is 25.0 Å². The summed E-state index contributed by atoms with van der Waals surface area (Å²) in [6, 6.07) is 10.5. The first kappa shape index (κ1) is 21.9. The third kappa shape index (κ3) is 3.67. The minimum atomic E-state index is -0.416. The van der Waals surface area contributed by atoms with Gasteiger partial charge in [0, 0.05) is 62.1 Å². The van der Waals surface area contributed by atoms with Crippen LogP contribution in [0.4, 0.5) is 0 Å². The summed E-state index contributed by atoms with van der Waals surface area (Å²) < 4.78 is 1.74. The molecule has 5 rings (SSSR count). The third-order valence-corrected chi connectivity index (χ3v) is 7.43. The maximum absolute atomic E-state index is 13.5. The second kappa shape index (κ2) is 8.43. The van der Waals surface area contributed by atoms with Gasteiger partial charge in [-0.2, -0.15) is 0 Å². The zero-order chi connectivity index (χ0) is 23.3. The monoisotopic (exact) mass is 450 g/mol. The molecule has 2 aliphatic heterocycles. The predicted octanol–water partition coefficient (Wildman–Crippen LogP) is 1.14. The molecule has 2 bridgehead atoms. The van der Waals surface area contributed by atoms with E-state index in [9.17, 15) is 19.5 Å². The number of nitrogens with one attached hydrogen (secondary N) is 2. The molecule has 8 nitrogen and oxygen atoms in total. The standard InChI is InChI=1S/C25H30N4O4/c1-28(2)24(32)15-6-3-5-14(11-15)17-9-10-20-22-21(23(31)26-16-7-4-8-16)18(13-30)19(27-22)12-29(20)25(17)33/h3,5-6,9-11,16,18-19,21-22,27,30H,4,7-8,12-13H2,1-2H3,(H,26,31)/t18-,19-,21+,22+/m1/s1. The molecule has 0 radical (unpaired) electrons. The van der Waals surface area contributed by atoms with Crippen LogP contribution in [0.15, 0.2) is 41.2 Å². The Morgan fingerprint density at radius 2 is 2.00 bits per heavy atom. The highest BCUT2D eigenvalue weighted by molar-refractivity contribution is 5.95. The maximum atomic E-state index is 13.5. The maximum Gasteiger partial charge on any atom is 0.258 e. The summed E-state index contributed by atoms with van der Waals surface area (Å²) in [5.41, 5.74) is 2.35. The highest BCUT2D eigenvalue weighted by atomic mass is 16.3. The number of benzene rings is 1. The van der Waals surface area contributed by atoms with Crippen LogP contribution in [0.5, 0.6) is 0 Å². The van der Waals surface area contributed by atoms with Gasteiger partial charge < -0.3 is 25.2 Å². The van der Waals surface area contributed by atoms with Crippen molar-refractivity contribution in [2.75, 3.05) is 20.7 Å². The first-order valence-electron chi connectivity index (χ1n) is 11.6. The van der Waals surface area contributed by atoms with Gasteiger partial charge in [0.1, 0.15) is 0 Å². The molecule has 174 valence electrons. The number of aliphatic hydroxyl groups excluding tert-OH is 1. The lowest BCUT2D eigenvalue weighted by Crippen LogP contribution is -2.45. The average Bonchev–Trinajstić information content (AvgIpc) is 3.08. The molecule has 2 amide bonds. The third-order valence-electron chi connectivity index (χ3n) is 7.43. The summed E-state index contributed by atoms with van der Waals surface area (Å²) in [5, 5.41) is 16.7. The van der Waals surface area contributed by atoms with E-state index in [0.29, 0.717) is 23.2 Å². The minimum Gasteiger partial charge on any atom is -0.396 e. The zero-order valence-corrected chi connectivity index (χ0v) is 19.0. The summed E-state index contributed by atoms with van der Waals surface area (Å²) in [4.78, 5) is 40.5. The minimum absolute atomic E-state index is 0.0429. The summed E-state index contributed by atoms with van der Waals surface area (Å²) in [7, 11) is 3.39. The van der Waals surface area contributed by atoms with E-state index in [1.165, 1.54) is 4.90 Å². The van der Waals surface area contributed by atoms with Crippen LogP contribution in [-0.2, 0) is 11.3 Å². The molecule has 33 heavy (non-hydrogen) atoms. The van der Waals surface area contributed by atoms with Crippen molar-refractivity contribution in [2.24, 2.45) is 11.8 Å². The summed E-state index contributed by atoms with van der Waals surface area (Å²) >= 11 is 0. The number of fused-ring (bicyclic) bond motifs is 4. The Kier molecular flexibility index (Phi) is 5.58. The molecule has 0 unspecified atom stereocenters. The number of aliphatic hydroxyl groups is 1. The highest BCUT2D eigenvalue weighted by Crippen LogP contribution is 2.41. The van der Waals surface area contributed by atoms with Crippen LogP contribution >= 0.6 is 0 Å². The number of amides is 2. The molecule has 3 N–H and O–H groups in total. The molecule has 3 aliphatic rings. The lowest BCUT2D eigenvalue weighted by atomic mass is 9.85. The second-order valence-electron chi connectivity index (χ2n) is 9.63. The topological polar surface area (TPSA) is 104 Å². The van der Waals surface area contributed by atoms with E-state index in [1.54, 1.807) is 42.9 Å². The Morgan fingerprint density at radius 1 is 1.21 bits per heavy atom. The summed E-state index contributed by atoms with van der Waals surface area (Å²) in [6.45, 7) is 0.286. The van der Waals surface area contributed by atoms with Crippen molar-refractivity contribution in [2.45, 2.75) is 43.9 Å². The van der Waals surface area contributed by atoms with Crippen molar-refractivity contribution in [3.63, 3.8) is 0 Å². The summed E-state index contributed by atoms with van der Waals surface area (Å²) in [5.74, 6) is -0.832. The van der Waals surface area contributed by atoms with E-state index in [4.69, 9.17) is 0 Å². The van der Waals surface area contributed by atoms with Gasteiger partial charge in [0.15, 0.2) is 0 Å². The quantitative estimate of drug-likeness (QED) is 0.634. The number of hydrogen-bond donors (Lipinski definition) is 3. The van der Waals surface area contributed by atoms with Crippen molar-refractivity contribution in [3.8, 4) is 11.1 Å². The fraction of sp³-hybridized carbons (Fsp3) is 0.480. The Morgan fingerprint density at radius 3 is 2.67 bits per heavy atom. The van der Waals surface area contributed by atoms with Crippen molar-refractivity contribution in [1.82, 2.24) is 20.1 Å². The van der Waals surface area contributed by atoms with Crippen LogP contribution in [0.2, 0.25) is 0 Å². The molecule has 1 saturated heterocycles. The highest BCUT2D eigenvalue weighted by Gasteiger charge is 2.51. The van der Waals surface area contributed by atoms with Gasteiger partial charge in [0.2, 0.25) is 5.91 Å². The van der Waals surface area contributed by atoms with Crippen molar-refractivity contribution in [3.05, 3.63) is 58.0 Å². The predicted molar refractivity (Wildman–Crippen MR) is 124 cm³/mol. The van der Waals surface area contributed by atoms with Gasteiger partial charge in [0.25, 0.3) is 11.5 Å². The van der Waals surface area contributed by atoms with Crippen LogP contribution in [0, 0.1) is 11.8 Å². The van der Waals surface area contributed by atoms with E-state index < -0.39 is 5.92 Å². The van der Waals surface area contributed by atoms with Crippen LogP contribution in [0.25, 0.3) is 11.1 Å². The van der Waals surface area contributed by atoms with E-state index >= 15 is 0 Å². The van der Waals surface area contributed by atoms with Gasteiger partial charge >= 0.3 is 0 Å². The van der Waals surface area contributed by atoms with Gasteiger partial charge in [-0.05, 0) is 49.1 Å². The van der Waals surface area contributed by atoms with Gasteiger partial charge in [0.05, 0.1) is 12.0 Å². The van der Waals surface area contributed by atoms with Crippen molar-refractivity contribution >= 4 is 11.8 Å². The number of carbonyl (C=O) groups excluding carboxylic acids is 2. The van der Waals surface area contributed by atoms with Gasteiger partial charge in [-0.25, -0.2) is 0 Å². The lowest BCUT2D eigenvalue weighted by Gasteiger charge is -2.30. The number of pyridine rings is 1. The Hall–Kier alpha value is -2.97. The Balaban J connectivity index is 1.50. The SMILES string of the molecule is CN(C)C(=O)c1cccc(-c2ccc3n(c2=O)C[C@H]2N[C@@H]3[C@@H](C(=O)NC3CCC3)[C@@H]2CO)c1. The first-order chi connectivity index (χ1) is 15.9. The molecule has 2 fully saturated rings. The molecule has 2 aromatic rings. The fourth-order valence-electron chi connectivity index (χ4n) is 5.40. The number of nitrogens with zero attached hydrogens (tertiary/aromatic N) is 2. The van der Waals surface area contributed by atoms with Gasteiger partial charge in [-0.3, -0.25) is 14.4 Å². The number of hydrogen-bond acceptors (Lipinski definition) is 5. The van der Waals surface area contributed by atoms with Crippen LogP contribution in [0.1, 0.15) is 41.4 Å². The normalized spacial score (nSPS) is 25.8. The number of aromatic nitrogens is 1. The molecule has 3 heterocycles. The molecular weight excluding hydrogens is 420 g/mol. The molecule has 1 aromatic carbocycles. The van der Waals surface area contributed by atoms with Crippen LogP contribution in [0.3, 0.4) is 0 Å². The lowest BCUT2D eigenvalue weighted by molar-refractivity contribution is -0.128. The fourth-order valence-corrected chi connectivity index (χ4v) is 5.40. The van der Waals surface area contributed by atoms with Gasteiger partial charge in [-0.1, -0.05) is 12.1 Å². The molecule has 0 spiro atoms. The molecule has 1 aliphatic carbocycles. The van der Waals surface area contributed by atoms with Crippen molar-refractivity contribution in [1.29, 1.82) is 0 Å². The molecule has 8 heteroatoms. The van der Waals surface area contributed by atoms with Crippen LogP contribution in [-0.4, -0.2) is 59.2 Å². The Labute approximate surface area is 192 Å². The van der Waals surface area contributed by atoms with E-state index in [-0.39, 0.29) is 48.0 Å². The summed E-state index contributed by atoms with van der Waals surface area (Å²) in [6.07, 6.45) is 3.13. The first-order valence-corrected chi connectivity index (χ1v) is 11.6. The Bertz CT molecular complexity index is 1150. The van der Waals surface area contributed by atoms with Gasteiger partial charge in [-0.15, -0.1) is 0 Å². The smallest absolute Gasteiger partial charge is 0.258 e. The van der Waals surface area contributed by atoms with E-state index in [1.807, 2.05) is 12.1 Å². The van der Waals surface area contributed by atoms with E-state index in [2.05, 4.69) is 10.6 Å². The number of carbonyl (C=O) groups is 2. The molecular formula is C25H30N4O4. The number of rotatable bonds is 5. The largest absolute Gasteiger partial charge is 0.396 e. The zero-order valence-electron chi connectivity index (χ0n) is 19.0. The van der Waals surface area contributed by atoms with Crippen LogP contribution < -0.4 is 16.2 Å².